The van der Waals surface area contributed by atoms with E-state index in [0.29, 0.717) is 28.6 Å². The van der Waals surface area contributed by atoms with E-state index in [0.717, 1.165) is 0 Å². The van der Waals surface area contributed by atoms with Gasteiger partial charge in [0.2, 0.25) is 0 Å². The normalized spacial score (nSPS) is 11.2. The van der Waals surface area contributed by atoms with E-state index in [4.69, 9.17) is 18.9 Å². The molecule has 2 aromatic carbocycles. The Morgan fingerprint density at radius 2 is 1.54 bits per heavy atom. The van der Waals surface area contributed by atoms with E-state index in [1.165, 1.54) is 45.7 Å². The zero-order chi connectivity index (χ0) is 19.2. The summed E-state index contributed by atoms with van der Waals surface area (Å²) in [7, 11) is 2.07. The topological polar surface area (TPSA) is 95.5 Å². The molecule has 2 aromatic rings. The summed E-state index contributed by atoms with van der Waals surface area (Å²) in [4.78, 5) is 2.15. The first-order valence-corrected chi connectivity index (χ1v) is 8.92. The third-order valence-corrected chi connectivity index (χ3v) is 4.70. The molecule has 0 aliphatic carbocycles. The fraction of sp³-hybridized carbons (Fsp3) is 0.235. The van der Waals surface area contributed by atoms with Crippen LogP contribution in [0.4, 0.5) is 0 Å². The molecule has 0 fully saturated rings. The molecule has 0 saturated carbocycles. The summed E-state index contributed by atoms with van der Waals surface area (Å²) in [6.07, 6.45) is 1.34. The minimum absolute atomic E-state index is 0.00556. The summed E-state index contributed by atoms with van der Waals surface area (Å²) in [5.41, 5.74) is 0.586. The summed E-state index contributed by atoms with van der Waals surface area (Å²) in [6, 6.07) is 9.34. The molecule has 0 spiro atoms. The third kappa shape index (κ3) is 4.37. The number of sulfonamides is 1. The SMILES string of the molecule is COc1ccc(/C=N/NS(=O)(=O)c2ccc(OC)c(OC)c2)c(OC)c1. The van der Waals surface area contributed by atoms with Crippen LogP contribution in [0.15, 0.2) is 46.4 Å². The molecule has 0 aromatic heterocycles. The molecule has 0 bridgehead atoms. The largest absolute Gasteiger partial charge is 0.497 e. The number of hydrogen-bond donors (Lipinski definition) is 1. The van der Waals surface area contributed by atoms with Crippen molar-refractivity contribution in [1.29, 1.82) is 0 Å². The Morgan fingerprint density at radius 3 is 2.15 bits per heavy atom. The molecule has 0 unspecified atom stereocenters. The van der Waals surface area contributed by atoms with Gasteiger partial charge in [-0.1, -0.05) is 0 Å². The summed E-state index contributed by atoms with van der Waals surface area (Å²) in [5, 5.41) is 3.80. The van der Waals surface area contributed by atoms with Crippen molar-refractivity contribution in [3.05, 3.63) is 42.0 Å². The Hall–Kier alpha value is -2.94. The van der Waals surface area contributed by atoms with Gasteiger partial charge in [-0.15, -0.1) is 0 Å². The van der Waals surface area contributed by atoms with E-state index >= 15 is 0 Å². The number of rotatable bonds is 8. The van der Waals surface area contributed by atoms with Gasteiger partial charge in [0, 0.05) is 17.7 Å². The molecule has 0 amide bonds. The molecular weight excluding hydrogens is 360 g/mol. The summed E-state index contributed by atoms with van der Waals surface area (Å²) < 4.78 is 45.3. The van der Waals surface area contributed by atoms with Gasteiger partial charge < -0.3 is 18.9 Å². The van der Waals surface area contributed by atoms with Crippen molar-refractivity contribution in [2.75, 3.05) is 28.4 Å². The molecule has 0 atom stereocenters. The van der Waals surface area contributed by atoms with Crippen LogP contribution in [-0.2, 0) is 10.0 Å². The molecule has 8 nitrogen and oxygen atoms in total. The van der Waals surface area contributed by atoms with Gasteiger partial charge in [-0.05, 0) is 24.3 Å². The van der Waals surface area contributed by atoms with E-state index in [9.17, 15) is 8.42 Å². The van der Waals surface area contributed by atoms with Crippen LogP contribution >= 0.6 is 0 Å². The highest BCUT2D eigenvalue weighted by Gasteiger charge is 2.16. The number of hydrazone groups is 1. The fourth-order valence-corrected chi connectivity index (χ4v) is 2.93. The van der Waals surface area contributed by atoms with E-state index in [2.05, 4.69) is 9.93 Å². The molecular formula is C17H20N2O6S. The van der Waals surface area contributed by atoms with Crippen LogP contribution in [0.3, 0.4) is 0 Å². The maximum atomic E-state index is 12.4. The van der Waals surface area contributed by atoms with E-state index in [-0.39, 0.29) is 4.90 Å². The van der Waals surface area contributed by atoms with Crippen LogP contribution in [0.2, 0.25) is 0 Å². The number of nitrogens with zero attached hydrogens (tertiary/aromatic N) is 1. The molecule has 0 aliphatic heterocycles. The maximum absolute atomic E-state index is 12.4. The molecule has 9 heteroatoms. The van der Waals surface area contributed by atoms with E-state index in [1.54, 1.807) is 25.3 Å². The Bertz CT molecular complexity index is 896. The number of hydrogen-bond acceptors (Lipinski definition) is 7. The zero-order valence-electron chi connectivity index (χ0n) is 14.8. The molecule has 0 heterocycles. The lowest BCUT2D eigenvalue weighted by atomic mass is 10.2. The molecule has 0 saturated heterocycles. The maximum Gasteiger partial charge on any atom is 0.276 e. The molecule has 26 heavy (non-hydrogen) atoms. The van der Waals surface area contributed by atoms with Crippen LogP contribution in [0, 0.1) is 0 Å². The summed E-state index contributed by atoms with van der Waals surface area (Å²) in [6.45, 7) is 0. The van der Waals surface area contributed by atoms with Crippen LogP contribution in [0.1, 0.15) is 5.56 Å². The average Bonchev–Trinajstić information content (AvgIpc) is 2.67. The molecule has 0 aliphatic rings. The zero-order valence-corrected chi connectivity index (χ0v) is 15.7. The Kier molecular flexibility index (Phi) is 6.29. The van der Waals surface area contributed by atoms with Gasteiger partial charge in [0.25, 0.3) is 10.0 Å². The lowest BCUT2D eigenvalue weighted by Crippen LogP contribution is -2.18. The minimum Gasteiger partial charge on any atom is -0.497 e. The van der Waals surface area contributed by atoms with Crippen LogP contribution in [0.25, 0.3) is 0 Å². The smallest absolute Gasteiger partial charge is 0.276 e. The van der Waals surface area contributed by atoms with Crippen molar-refractivity contribution in [1.82, 2.24) is 4.83 Å². The van der Waals surface area contributed by atoms with Gasteiger partial charge in [0.15, 0.2) is 11.5 Å². The molecule has 140 valence electrons. The predicted octanol–water partition coefficient (Wildman–Crippen LogP) is 2.03. The fourth-order valence-electron chi connectivity index (χ4n) is 2.13. The first kappa shape index (κ1) is 19.4. The van der Waals surface area contributed by atoms with Gasteiger partial charge in [-0.3, -0.25) is 0 Å². The summed E-state index contributed by atoms with van der Waals surface area (Å²) in [5.74, 6) is 1.84. The van der Waals surface area contributed by atoms with E-state index in [1.807, 2.05) is 0 Å². The first-order chi connectivity index (χ1) is 12.4. The Morgan fingerprint density at radius 1 is 0.846 bits per heavy atom. The van der Waals surface area contributed by atoms with Crippen LogP contribution in [0.5, 0.6) is 23.0 Å². The second-order valence-electron chi connectivity index (χ2n) is 4.98. The van der Waals surface area contributed by atoms with Crippen LogP contribution < -0.4 is 23.8 Å². The Balaban J connectivity index is 2.21. The highest BCUT2D eigenvalue weighted by molar-refractivity contribution is 7.89. The standard InChI is InChI=1S/C17H20N2O6S/c1-22-13-6-5-12(16(9-13)24-3)11-18-19-26(20,21)14-7-8-15(23-2)17(10-14)25-4/h5-11,19H,1-4H3/b18-11+. The number of ether oxygens (including phenoxy) is 4. The van der Waals surface area contributed by atoms with Crippen molar-refractivity contribution < 1.29 is 27.4 Å². The van der Waals surface area contributed by atoms with Crippen molar-refractivity contribution in [2.24, 2.45) is 5.10 Å². The van der Waals surface area contributed by atoms with E-state index < -0.39 is 10.0 Å². The second-order valence-corrected chi connectivity index (χ2v) is 6.64. The Labute approximate surface area is 152 Å². The predicted molar refractivity (Wildman–Crippen MR) is 97.0 cm³/mol. The molecule has 2 rings (SSSR count). The monoisotopic (exact) mass is 380 g/mol. The van der Waals surface area contributed by atoms with Crippen molar-refractivity contribution in [2.45, 2.75) is 4.90 Å². The molecule has 0 radical (unpaired) electrons. The van der Waals surface area contributed by atoms with Crippen molar-refractivity contribution >= 4 is 16.2 Å². The number of nitrogens with one attached hydrogen (secondary N) is 1. The van der Waals surface area contributed by atoms with Gasteiger partial charge in [0.1, 0.15) is 11.5 Å². The lowest BCUT2D eigenvalue weighted by Gasteiger charge is -2.10. The first-order valence-electron chi connectivity index (χ1n) is 7.44. The second kappa shape index (κ2) is 8.43. The average molecular weight is 380 g/mol. The van der Waals surface area contributed by atoms with Gasteiger partial charge in [-0.25, -0.2) is 4.83 Å². The highest BCUT2D eigenvalue weighted by atomic mass is 32.2. The van der Waals surface area contributed by atoms with Crippen molar-refractivity contribution in [3.63, 3.8) is 0 Å². The third-order valence-electron chi connectivity index (χ3n) is 3.48. The quantitative estimate of drug-likeness (QED) is 0.556. The van der Waals surface area contributed by atoms with Gasteiger partial charge in [-0.2, -0.15) is 13.5 Å². The minimum atomic E-state index is -3.87. The number of benzene rings is 2. The number of methoxy groups -OCH3 is 4. The van der Waals surface area contributed by atoms with Crippen molar-refractivity contribution in [3.8, 4) is 23.0 Å². The van der Waals surface area contributed by atoms with Gasteiger partial charge >= 0.3 is 0 Å². The van der Waals surface area contributed by atoms with Gasteiger partial charge in [0.05, 0.1) is 39.5 Å². The highest BCUT2D eigenvalue weighted by Crippen LogP contribution is 2.29. The summed E-state index contributed by atoms with van der Waals surface area (Å²) >= 11 is 0. The lowest BCUT2D eigenvalue weighted by molar-refractivity contribution is 0.354. The molecule has 1 N–H and O–H groups in total. The van der Waals surface area contributed by atoms with Crippen LogP contribution in [-0.4, -0.2) is 43.1 Å².